The first kappa shape index (κ1) is 18.9. The van der Waals surface area contributed by atoms with Gasteiger partial charge < -0.3 is 4.90 Å². The number of para-hydroxylation sites is 1. The van der Waals surface area contributed by atoms with E-state index in [0.29, 0.717) is 19.4 Å². The molecule has 0 unspecified atom stereocenters. The van der Waals surface area contributed by atoms with Crippen molar-refractivity contribution < 1.29 is 27.2 Å². The standard InChI is InChI=1S/C19H16F4N2O2/c20-15-7-1-2-8-16(15)25(12-24-10-4-9-17(24)26)18(27)13-5-3-6-14(11-13)19(21,22)23/h1-3,5-8,11H,4,9-10,12H2. The third kappa shape index (κ3) is 4.10. The molecule has 1 aliphatic heterocycles. The Hall–Kier alpha value is -2.90. The van der Waals surface area contributed by atoms with Crippen LogP contribution in [0.1, 0.15) is 28.8 Å². The first-order valence-corrected chi connectivity index (χ1v) is 8.29. The largest absolute Gasteiger partial charge is 0.416 e. The molecule has 4 nitrogen and oxygen atoms in total. The van der Waals surface area contributed by atoms with E-state index in [4.69, 9.17) is 0 Å². The maximum Gasteiger partial charge on any atom is 0.416 e. The average molecular weight is 380 g/mol. The minimum Gasteiger partial charge on any atom is -0.324 e. The van der Waals surface area contributed by atoms with Crippen molar-refractivity contribution in [2.45, 2.75) is 19.0 Å². The van der Waals surface area contributed by atoms with Gasteiger partial charge in [-0.15, -0.1) is 0 Å². The Morgan fingerprint density at radius 1 is 1.11 bits per heavy atom. The summed E-state index contributed by atoms with van der Waals surface area (Å²) in [7, 11) is 0. The van der Waals surface area contributed by atoms with Gasteiger partial charge in [0.15, 0.2) is 0 Å². The molecule has 0 radical (unpaired) electrons. The van der Waals surface area contributed by atoms with Gasteiger partial charge in [-0.25, -0.2) is 4.39 Å². The zero-order valence-corrected chi connectivity index (χ0v) is 14.2. The highest BCUT2D eigenvalue weighted by molar-refractivity contribution is 6.06. The fourth-order valence-corrected chi connectivity index (χ4v) is 2.93. The third-order valence-electron chi connectivity index (χ3n) is 4.31. The van der Waals surface area contributed by atoms with E-state index in [2.05, 4.69) is 0 Å². The number of anilines is 1. The molecule has 1 heterocycles. The molecule has 0 bridgehead atoms. The lowest BCUT2D eigenvalue weighted by atomic mass is 10.1. The van der Waals surface area contributed by atoms with Crippen LogP contribution in [0.15, 0.2) is 48.5 Å². The number of alkyl halides is 3. The highest BCUT2D eigenvalue weighted by Gasteiger charge is 2.32. The van der Waals surface area contributed by atoms with Crippen LogP contribution in [-0.4, -0.2) is 29.9 Å². The molecule has 142 valence electrons. The van der Waals surface area contributed by atoms with Crippen LogP contribution in [0.25, 0.3) is 0 Å². The molecular weight excluding hydrogens is 364 g/mol. The molecule has 27 heavy (non-hydrogen) atoms. The van der Waals surface area contributed by atoms with E-state index < -0.39 is 23.5 Å². The molecule has 0 aliphatic carbocycles. The topological polar surface area (TPSA) is 40.6 Å². The molecule has 0 N–H and O–H groups in total. The van der Waals surface area contributed by atoms with Gasteiger partial charge in [-0.05, 0) is 36.8 Å². The fraction of sp³-hybridized carbons (Fsp3) is 0.263. The number of benzene rings is 2. The van der Waals surface area contributed by atoms with Gasteiger partial charge in [0.2, 0.25) is 5.91 Å². The van der Waals surface area contributed by atoms with Crippen molar-refractivity contribution >= 4 is 17.5 Å². The molecule has 1 aliphatic rings. The summed E-state index contributed by atoms with van der Waals surface area (Å²) in [6, 6.07) is 9.38. The van der Waals surface area contributed by atoms with Gasteiger partial charge in [0.1, 0.15) is 12.5 Å². The number of amides is 2. The van der Waals surface area contributed by atoms with Crippen LogP contribution >= 0.6 is 0 Å². The Labute approximate surface area is 153 Å². The van der Waals surface area contributed by atoms with Gasteiger partial charge in [0.05, 0.1) is 11.3 Å². The van der Waals surface area contributed by atoms with Crippen LogP contribution in [0.2, 0.25) is 0 Å². The molecule has 2 aromatic carbocycles. The predicted octanol–water partition coefficient (Wildman–Crippen LogP) is 4.07. The normalized spacial score (nSPS) is 14.5. The summed E-state index contributed by atoms with van der Waals surface area (Å²) in [4.78, 5) is 27.2. The van der Waals surface area contributed by atoms with E-state index in [0.717, 1.165) is 29.2 Å². The smallest absolute Gasteiger partial charge is 0.324 e. The van der Waals surface area contributed by atoms with E-state index in [9.17, 15) is 27.2 Å². The highest BCUT2D eigenvalue weighted by atomic mass is 19.4. The number of carbonyl (C=O) groups is 2. The Morgan fingerprint density at radius 3 is 2.48 bits per heavy atom. The zero-order chi connectivity index (χ0) is 19.6. The second-order valence-electron chi connectivity index (χ2n) is 6.17. The zero-order valence-electron chi connectivity index (χ0n) is 14.2. The van der Waals surface area contributed by atoms with Gasteiger partial charge in [0.25, 0.3) is 5.91 Å². The van der Waals surface area contributed by atoms with Crippen molar-refractivity contribution in [3.63, 3.8) is 0 Å². The number of likely N-dealkylation sites (tertiary alicyclic amines) is 1. The highest BCUT2D eigenvalue weighted by Crippen LogP contribution is 2.30. The number of rotatable bonds is 4. The third-order valence-corrected chi connectivity index (χ3v) is 4.31. The summed E-state index contributed by atoms with van der Waals surface area (Å²) >= 11 is 0. The van der Waals surface area contributed by atoms with Crippen LogP contribution in [0.5, 0.6) is 0 Å². The van der Waals surface area contributed by atoms with Crippen LogP contribution in [0.4, 0.5) is 23.2 Å². The minimum absolute atomic E-state index is 0.0976. The fourth-order valence-electron chi connectivity index (χ4n) is 2.93. The van der Waals surface area contributed by atoms with Crippen molar-refractivity contribution in [2.75, 3.05) is 18.1 Å². The van der Waals surface area contributed by atoms with E-state index in [1.165, 1.54) is 29.2 Å². The lowest BCUT2D eigenvalue weighted by Crippen LogP contribution is -2.42. The van der Waals surface area contributed by atoms with Crippen LogP contribution < -0.4 is 4.90 Å². The molecule has 0 aromatic heterocycles. The molecule has 3 rings (SSSR count). The van der Waals surface area contributed by atoms with Crippen LogP contribution in [0.3, 0.4) is 0 Å². The summed E-state index contributed by atoms with van der Waals surface area (Å²) in [5, 5.41) is 0. The molecule has 8 heteroatoms. The van der Waals surface area contributed by atoms with Crippen molar-refractivity contribution in [2.24, 2.45) is 0 Å². The van der Waals surface area contributed by atoms with E-state index in [1.807, 2.05) is 0 Å². The van der Waals surface area contributed by atoms with Crippen molar-refractivity contribution in [1.29, 1.82) is 0 Å². The summed E-state index contributed by atoms with van der Waals surface area (Å²) in [6.45, 7) is 0.175. The molecule has 2 aromatic rings. The Balaban J connectivity index is 1.98. The van der Waals surface area contributed by atoms with Gasteiger partial charge in [0, 0.05) is 18.5 Å². The molecule has 1 saturated heterocycles. The van der Waals surface area contributed by atoms with Crippen LogP contribution in [0, 0.1) is 5.82 Å². The number of halogens is 4. The summed E-state index contributed by atoms with van der Waals surface area (Å²) in [6.07, 6.45) is -3.67. The lowest BCUT2D eigenvalue weighted by Gasteiger charge is -2.28. The van der Waals surface area contributed by atoms with Gasteiger partial charge >= 0.3 is 6.18 Å². The first-order valence-electron chi connectivity index (χ1n) is 8.29. The summed E-state index contributed by atoms with van der Waals surface area (Å²) in [5.74, 6) is -1.71. The van der Waals surface area contributed by atoms with Gasteiger partial charge in [-0.1, -0.05) is 18.2 Å². The quantitative estimate of drug-likeness (QED) is 0.751. The first-order chi connectivity index (χ1) is 12.8. The second-order valence-corrected chi connectivity index (χ2v) is 6.17. The summed E-state index contributed by atoms with van der Waals surface area (Å²) < 4.78 is 53.2. The average Bonchev–Trinajstić information content (AvgIpc) is 3.04. The number of hydrogen-bond acceptors (Lipinski definition) is 2. The van der Waals surface area contributed by atoms with Crippen molar-refractivity contribution in [3.8, 4) is 0 Å². The molecular formula is C19H16F4N2O2. The Morgan fingerprint density at radius 2 is 1.85 bits per heavy atom. The maximum atomic E-state index is 14.3. The number of carbonyl (C=O) groups excluding carboxylic acids is 2. The van der Waals surface area contributed by atoms with Crippen molar-refractivity contribution in [3.05, 3.63) is 65.5 Å². The Kier molecular flexibility index (Phi) is 5.16. The van der Waals surface area contributed by atoms with E-state index in [1.54, 1.807) is 0 Å². The predicted molar refractivity (Wildman–Crippen MR) is 90.5 cm³/mol. The van der Waals surface area contributed by atoms with Gasteiger partial charge in [-0.2, -0.15) is 13.2 Å². The van der Waals surface area contributed by atoms with E-state index >= 15 is 0 Å². The van der Waals surface area contributed by atoms with E-state index in [-0.39, 0.29) is 23.8 Å². The molecule has 0 saturated carbocycles. The van der Waals surface area contributed by atoms with Crippen LogP contribution in [-0.2, 0) is 11.0 Å². The monoisotopic (exact) mass is 380 g/mol. The lowest BCUT2D eigenvalue weighted by molar-refractivity contribution is -0.137. The minimum atomic E-state index is -4.61. The molecule has 1 fully saturated rings. The number of nitrogens with zero attached hydrogens (tertiary/aromatic N) is 2. The maximum absolute atomic E-state index is 14.3. The molecule has 0 atom stereocenters. The van der Waals surface area contributed by atoms with Gasteiger partial charge in [-0.3, -0.25) is 14.5 Å². The molecule has 2 amide bonds. The second kappa shape index (κ2) is 7.38. The SMILES string of the molecule is O=C1CCCN1CN(C(=O)c1cccc(C(F)(F)F)c1)c1ccccc1F. The number of hydrogen-bond donors (Lipinski definition) is 0. The van der Waals surface area contributed by atoms with Crippen molar-refractivity contribution in [1.82, 2.24) is 4.90 Å². The summed E-state index contributed by atoms with van der Waals surface area (Å²) in [5.41, 5.74) is -1.31. The molecule has 0 spiro atoms. The Bertz CT molecular complexity index is 867.